The molecule has 0 aliphatic carbocycles. The largest absolute Gasteiger partial charge is 0.308 e. The number of fused-ring (bicyclic) bond motifs is 2. The first-order valence-electron chi connectivity index (χ1n) is 9.03. The van der Waals surface area contributed by atoms with Crippen molar-refractivity contribution in [1.82, 2.24) is 9.88 Å². The zero-order valence-corrected chi connectivity index (χ0v) is 17.8. The first-order chi connectivity index (χ1) is 13.5. The third-order valence-corrected chi connectivity index (χ3v) is 5.65. The second kappa shape index (κ2) is 8.86. The van der Waals surface area contributed by atoms with Gasteiger partial charge in [-0.05, 0) is 49.1 Å². The normalized spacial score (nSPS) is 11.0. The molecule has 0 unspecified atom stereocenters. The fraction of sp³-hybridized carbons (Fsp3) is 0.182. The zero-order valence-electron chi connectivity index (χ0n) is 16.1. The monoisotopic (exact) mass is 429 g/mol. The van der Waals surface area contributed by atoms with Crippen molar-refractivity contribution in [3.05, 3.63) is 72.0 Å². The topological polar surface area (TPSA) is 36.4 Å². The van der Waals surface area contributed by atoms with E-state index in [9.17, 15) is 9.18 Å². The van der Waals surface area contributed by atoms with Gasteiger partial charge in [-0.25, -0.2) is 9.37 Å². The molecule has 150 valence electrons. The van der Waals surface area contributed by atoms with Crippen molar-refractivity contribution < 1.29 is 9.18 Å². The van der Waals surface area contributed by atoms with Gasteiger partial charge in [0.15, 0.2) is 5.13 Å². The van der Waals surface area contributed by atoms with E-state index in [0.29, 0.717) is 29.3 Å². The highest BCUT2D eigenvalue weighted by Crippen LogP contribution is 2.31. The maximum absolute atomic E-state index is 13.6. The van der Waals surface area contributed by atoms with E-state index in [1.54, 1.807) is 11.0 Å². The molecule has 0 aliphatic rings. The van der Waals surface area contributed by atoms with Gasteiger partial charge in [-0.2, -0.15) is 0 Å². The molecule has 3 aromatic carbocycles. The summed E-state index contributed by atoms with van der Waals surface area (Å²) in [6.45, 7) is 1.19. The Morgan fingerprint density at radius 3 is 2.59 bits per heavy atom. The van der Waals surface area contributed by atoms with Gasteiger partial charge < -0.3 is 4.90 Å². The molecule has 4 aromatic rings. The maximum Gasteiger partial charge on any atom is 0.260 e. The molecule has 4 nitrogen and oxygen atoms in total. The lowest BCUT2D eigenvalue weighted by Gasteiger charge is -2.22. The highest BCUT2D eigenvalue weighted by Gasteiger charge is 2.23. The molecule has 1 heterocycles. The van der Waals surface area contributed by atoms with Crippen molar-refractivity contribution in [3.8, 4) is 0 Å². The lowest BCUT2D eigenvalue weighted by molar-refractivity contribution is 0.0987. The third-order valence-electron chi connectivity index (χ3n) is 4.61. The molecule has 0 saturated heterocycles. The number of thiazole rings is 1. The Kier molecular flexibility index (Phi) is 6.47. The number of carbonyl (C=O) groups is 1. The van der Waals surface area contributed by atoms with E-state index < -0.39 is 0 Å². The van der Waals surface area contributed by atoms with Gasteiger partial charge in [-0.15, -0.1) is 12.4 Å². The molecular formula is C22H21ClFN3OS. The number of benzene rings is 3. The molecule has 0 bridgehead atoms. The van der Waals surface area contributed by atoms with Crippen molar-refractivity contribution in [1.29, 1.82) is 0 Å². The van der Waals surface area contributed by atoms with Crippen LogP contribution < -0.4 is 4.90 Å². The molecule has 0 fully saturated rings. The number of halogens is 2. The van der Waals surface area contributed by atoms with E-state index in [4.69, 9.17) is 0 Å². The van der Waals surface area contributed by atoms with E-state index in [1.165, 1.54) is 23.5 Å². The van der Waals surface area contributed by atoms with Crippen molar-refractivity contribution in [2.45, 2.75) is 0 Å². The van der Waals surface area contributed by atoms with E-state index in [1.807, 2.05) is 61.5 Å². The lowest BCUT2D eigenvalue weighted by Crippen LogP contribution is -2.36. The average molecular weight is 430 g/mol. The molecular weight excluding hydrogens is 409 g/mol. The van der Waals surface area contributed by atoms with E-state index in [-0.39, 0.29) is 24.1 Å². The van der Waals surface area contributed by atoms with Crippen LogP contribution in [0.15, 0.2) is 60.7 Å². The van der Waals surface area contributed by atoms with Gasteiger partial charge >= 0.3 is 0 Å². The first kappa shape index (κ1) is 21.2. The summed E-state index contributed by atoms with van der Waals surface area (Å²) >= 11 is 1.34. The molecule has 4 rings (SSSR count). The quantitative estimate of drug-likeness (QED) is 0.436. The smallest absolute Gasteiger partial charge is 0.260 e. The van der Waals surface area contributed by atoms with Crippen LogP contribution in [0.5, 0.6) is 0 Å². The van der Waals surface area contributed by atoms with Gasteiger partial charge in [-0.3, -0.25) is 9.69 Å². The van der Waals surface area contributed by atoms with E-state index in [0.717, 1.165) is 15.5 Å². The number of amides is 1. The highest BCUT2D eigenvalue weighted by atomic mass is 35.5. The van der Waals surface area contributed by atoms with Crippen LogP contribution in [0.3, 0.4) is 0 Å². The summed E-state index contributed by atoms with van der Waals surface area (Å²) < 4.78 is 14.3. The average Bonchev–Trinajstić information content (AvgIpc) is 3.10. The molecule has 0 saturated carbocycles. The zero-order chi connectivity index (χ0) is 19.7. The summed E-state index contributed by atoms with van der Waals surface area (Å²) in [5, 5.41) is 2.52. The number of anilines is 1. The summed E-state index contributed by atoms with van der Waals surface area (Å²) in [7, 11) is 3.93. The summed E-state index contributed by atoms with van der Waals surface area (Å²) in [5.41, 5.74) is 1.34. The molecule has 1 amide bonds. The molecule has 29 heavy (non-hydrogen) atoms. The molecule has 7 heteroatoms. The predicted molar refractivity (Wildman–Crippen MR) is 121 cm³/mol. The Morgan fingerprint density at radius 1 is 1.03 bits per heavy atom. The van der Waals surface area contributed by atoms with Crippen molar-refractivity contribution in [2.75, 3.05) is 32.1 Å². The number of aromatic nitrogens is 1. The van der Waals surface area contributed by atoms with Crippen molar-refractivity contribution in [3.63, 3.8) is 0 Å². The lowest BCUT2D eigenvalue weighted by atomic mass is 10.0. The number of rotatable bonds is 5. The second-order valence-electron chi connectivity index (χ2n) is 6.90. The van der Waals surface area contributed by atoms with Crippen LogP contribution in [0.2, 0.25) is 0 Å². The number of likely N-dealkylation sites (N-methyl/N-ethyl adjacent to an activating group) is 1. The molecule has 1 aromatic heterocycles. The minimum absolute atomic E-state index is 0. The summed E-state index contributed by atoms with van der Waals surface area (Å²) in [5.74, 6) is -0.402. The number of hydrogen-bond acceptors (Lipinski definition) is 4. The fourth-order valence-electron chi connectivity index (χ4n) is 3.14. The second-order valence-corrected chi connectivity index (χ2v) is 7.90. The van der Waals surface area contributed by atoms with Gasteiger partial charge in [0.2, 0.25) is 0 Å². The Balaban J connectivity index is 0.00000240. The number of carbonyl (C=O) groups excluding carboxylic acids is 1. The Labute approximate surface area is 179 Å². The van der Waals surface area contributed by atoms with Crippen molar-refractivity contribution in [2.24, 2.45) is 0 Å². The molecule has 0 aliphatic heterocycles. The van der Waals surface area contributed by atoms with Crippen molar-refractivity contribution >= 4 is 55.8 Å². The Bertz CT molecular complexity index is 1160. The van der Waals surface area contributed by atoms with Gasteiger partial charge in [0.05, 0.1) is 10.2 Å². The van der Waals surface area contributed by atoms with Crippen LogP contribution in [-0.2, 0) is 0 Å². The van der Waals surface area contributed by atoms with Gasteiger partial charge in [0.25, 0.3) is 5.91 Å². The fourth-order valence-corrected chi connectivity index (χ4v) is 4.16. The summed E-state index contributed by atoms with van der Waals surface area (Å²) in [6, 6.07) is 18.1. The SMILES string of the molecule is CN(C)CCN(C(=O)c1cccc2ccccc12)c1nc2ccc(F)cc2s1.Cl. The minimum atomic E-state index is -0.303. The molecule has 0 spiro atoms. The minimum Gasteiger partial charge on any atom is -0.308 e. The third kappa shape index (κ3) is 4.40. The first-order valence-corrected chi connectivity index (χ1v) is 9.85. The molecule has 0 N–H and O–H groups in total. The van der Waals surface area contributed by atoms with Gasteiger partial charge in [0.1, 0.15) is 5.82 Å². The van der Waals surface area contributed by atoms with Crippen LogP contribution in [0.25, 0.3) is 21.0 Å². The summed E-state index contributed by atoms with van der Waals surface area (Å²) in [6.07, 6.45) is 0. The van der Waals surface area contributed by atoms with E-state index in [2.05, 4.69) is 4.98 Å². The maximum atomic E-state index is 13.6. The van der Waals surface area contributed by atoms with Gasteiger partial charge in [-0.1, -0.05) is 47.7 Å². The Hall–Kier alpha value is -2.54. The standard InChI is InChI=1S/C22H20FN3OS.ClH/c1-25(2)12-13-26(22-24-19-11-10-16(23)14-20(19)28-22)21(27)18-9-5-7-15-6-3-4-8-17(15)18;/h3-11,14H,12-13H2,1-2H3;1H. The van der Waals surface area contributed by atoms with Crippen LogP contribution in [0, 0.1) is 5.82 Å². The van der Waals surface area contributed by atoms with Gasteiger partial charge in [0, 0.05) is 18.7 Å². The van der Waals surface area contributed by atoms with Crippen LogP contribution in [-0.4, -0.2) is 43.0 Å². The molecule has 0 atom stereocenters. The van der Waals surface area contributed by atoms with E-state index >= 15 is 0 Å². The van der Waals surface area contributed by atoms with Crippen LogP contribution in [0.1, 0.15) is 10.4 Å². The molecule has 0 radical (unpaired) electrons. The van der Waals surface area contributed by atoms with Crippen LogP contribution in [0.4, 0.5) is 9.52 Å². The highest BCUT2D eigenvalue weighted by molar-refractivity contribution is 7.22. The van der Waals surface area contributed by atoms with Crippen LogP contribution >= 0.6 is 23.7 Å². The number of hydrogen-bond donors (Lipinski definition) is 0. The number of nitrogens with zero attached hydrogens (tertiary/aromatic N) is 3. The Morgan fingerprint density at radius 2 is 1.79 bits per heavy atom. The predicted octanol–water partition coefficient (Wildman–Crippen LogP) is 5.22. The summed E-state index contributed by atoms with van der Waals surface area (Å²) in [4.78, 5) is 21.8.